The van der Waals surface area contributed by atoms with E-state index in [2.05, 4.69) is 18.2 Å². The molecule has 1 heterocycles. The highest BCUT2D eigenvalue weighted by Gasteiger charge is 2.63. The predicted octanol–water partition coefficient (Wildman–Crippen LogP) is 3.83. The van der Waals surface area contributed by atoms with E-state index < -0.39 is 11.5 Å². The summed E-state index contributed by atoms with van der Waals surface area (Å²) in [6.45, 7) is 10.8. The molecule has 0 bridgehead atoms. The second kappa shape index (κ2) is 8.13. The maximum absolute atomic E-state index is 12.7. The van der Waals surface area contributed by atoms with Crippen molar-refractivity contribution in [3.8, 4) is 0 Å². The molecule has 4 rings (SSSR count). The van der Waals surface area contributed by atoms with E-state index in [1.807, 2.05) is 13.8 Å². The largest absolute Gasteiger partial charge is 0.388 e. The van der Waals surface area contributed by atoms with Gasteiger partial charge in [0, 0.05) is 14.2 Å². The van der Waals surface area contributed by atoms with Crippen LogP contribution in [-0.4, -0.2) is 38.0 Å². The van der Waals surface area contributed by atoms with E-state index in [0.717, 1.165) is 24.8 Å². The summed E-state index contributed by atoms with van der Waals surface area (Å²) in [7, 11) is 3.25. The van der Waals surface area contributed by atoms with Crippen molar-refractivity contribution in [1.29, 1.82) is 0 Å². The number of allylic oxidation sites excluding steroid dienone is 1. The van der Waals surface area contributed by atoms with Crippen molar-refractivity contribution in [3.05, 3.63) is 12.2 Å². The molecule has 6 atom stereocenters. The van der Waals surface area contributed by atoms with Gasteiger partial charge in [-0.3, -0.25) is 9.59 Å². The van der Waals surface area contributed by atoms with Crippen LogP contribution in [0, 0.1) is 29.6 Å². The fourth-order valence-electron chi connectivity index (χ4n) is 5.22. The van der Waals surface area contributed by atoms with E-state index in [1.165, 1.54) is 12.8 Å². The number of rotatable bonds is 0. The zero-order chi connectivity index (χ0) is 18.8. The number of hydrogen-bond acceptors (Lipinski definition) is 4. The van der Waals surface area contributed by atoms with Gasteiger partial charge in [0.15, 0.2) is 17.2 Å². The molecule has 6 unspecified atom stereocenters. The van der Waals surface area contributed by atoms with Gasteiger partial charge in [-0.25, -0.2) is 0 Å². The predicted molar refractivity (Wildman–Crippen MR) is 98.3 cm³/mol. The fourth-order valence-corrected chi connectivity index (χ4v) is 5.22. The van der Waals surface area contributed by atoms with Gasteiger partial charge in [0.25, 0.3) is 0 Å². The molecule has 4 nitrogen and oxygen atoms in total. The monoisotopic (exact) mass is 350 g/mol. The summed E-state index contributed by atoms with van der Waals surface area (Å²) < 4.78 is 9.66. The van der Waals surface area contributed by atoms with Crippen LogP contribution >= 0.6 is 0 Å². The maximum Gasteiger partial charge on any atom is 0.178 e. The van der Waals surface area contributed by atoms with Gasteiger partial charge in [-0.2, -0.15) is 0 Å². The quantitative estimate of drug-likeness (QED) is 0.378. The van der Waals surface area contributed by atoms with Gasteiger partial charge < -0.3 is 9.47 Å². The molecule has 0 aromatic heterocycles. The first-order chi connectivity index (χ1) is 12.0. The third-order valence-electron chi connectivity index (χ3n) is 6.36. The number of ether oxygens (including phenoxy) is 2. The van der Waals surface area contributed by atoms with Crippen molar-refractivity contribution in [2.45, 2.75) is 58.5 Å². The van der Waals surface area contributed by atoms with Crippen LogP contribution in [0.15, 0.2) is 12.2 Å². The SMILES string of the molecule is C=C1C(=O)C2C(=O)C3(CCC2C2CCCC(C)C12)CO3.CC.COC. The lowest BCUT2D eigenvalue weighted by Crippen LogP contribution is -2.54. The molecule has 0 amide bonds. The van der Waals surface area contributed by atoms with Gasteiger partial charge in [-0.1, -0.05) is 40.2 Å². The van der Waals surface area contributed by atoms with Crippen LogP contribution in [0.25, 0.3) is 0 Å². The van der Waals surface area contributed by atoms with E-state index in [4.69, 9.17) is 4.74 Å². The minimum Gasteiger partial charge on any atom is -0.388 e. The van der Waals surface area contributed by atoms with Gasteiger partial charge in [-0.05, 0) is 48.5 Å². The molecule has 4 heteroatoms. The number of epoxide rings is 1. The normalized spacial score (nSPS) is 41.6. The molecular formula is C21H34O4. The average Bonchev–Trinajstić information content (AvgIpc) is 3.38. The lowest BCUT2D eigenvalue weighted by atomic mass is 9.52. The Morgan fingerprint density at radius 3 is 2.28 bits per heavy atom. The molecule has 4 fully saturated rings. The standard InChI is InChI=1S/C17H22O3.C2H6O.C2H6/c1-9-4-3-5-11-12-6-7-17(8-20-17)16(19)14(12)15(18)10(2)13(9)11;1-3-2;1-2/h9,11-14H,2-8H2,1H3;1-2H3;1-2H3. The molecule has 142 valence electrons. The van der Waals surface area contributed by atoms with Crippen molar-refractivity contribution >= 4 is 11.6 Å². The van der Waals surface area contributed by atoms with Gasteiger partial charge in [-0.15, -0.1) is 0 Å². The summed E-state index contributed by atoms with van der Waals surface area (Å²) in [6, 6.07) is 0. The van der Waals surface area contributed by atoms with Crippen LogP contribution < -0.4 is 0 Å². The summed E-state index contributed by atoms with van der Waals surface area (Å²) in [5.74, 6) is 1.26. The molecule has 0 aromatic carbocycles. The lowest BCUT2D eigenvalue weighted by Gasteiger charge is -2.50. The number of methoxy groups -OCH3 is 1. The van der Waals surface area contributed by atoms with Crippen molar-refractivity contribution in [1.82, 2.24) is 0 Å². The van der Waals surface area contributed by atoms with Crippen LogP contribution in [0.5, 0.6) is 0 Å². The van der Waals surface area contributed by atoms with E-state index in [0.29, 0.717) is 24.4 Å². The van der Waals surface area contributed by atoms with Crippen molar-refractivity contribution in [3.63, 3.8) is 0 Å². The lowest BCUT2D eigenvalue weighted by molar-refractivity contribution is -0.145. The number of hydrogen-bond donors (Lipinski definition) is 0. The molecular weight excluding hydrogens is 316 g/mol. The van der Waals surface area contributed by atoms with Gasteiger partial charge in [0.05, 0.1) is 12.5 Å². The van der Waals surface area contributed by atoms with Crippen LogP contribution in [0.3, 0.4) is 0 Å². The summed E-state index contributed by atoms with van der Waals surface area (Å²) in [5, 5.41) is 0. The summed E-state index contributed by atoms with van der Waals surface area (Å²) in [6.07, 6.45) is 5.37. The smallest absolute Gasteiger partial charge is 0.178 e. The van der Waals surface area contributed by atoms with Gasteiger partial charge in [0.1, 0.15) is 0 Å². The Labute approximate surface area is 152 Å². The molecule has 0 N–H and O–H groups in total. The molecule has 3 aliphatic carbocycles. The Kier molecular flexibility index (Phi) is 6.61. The van der Waals surface area contributed by atoms with Crippen LogP contribution in [0.2, 0.25) is 0 Å². The third-order valence-corrected chi connectivity index (χ3v) is 6.36. The zero-order valence-electron chi connectivity index (χ0n) is 16.5. The molecule has 0 radical (unpaired) electrons. The first-order valence-corrected chi connectivity index (χ1v) is 9.78. The Morgan fingerprint density at radius 1 is 1.12 bits per heavy atom. The van der Waals surface area contributed by atoms with E-state index in [9.17, 15) is 9.59 Å². The molecule has 1 saturated heterocycles. The van der Waals surface area contributed by atoms with Gasteiger partial charge >= 0.3 is 0 Å². The number of Topliss-reactive ketones (excluding diaryl/α,β-unsaturated/α-hetero) is 2. The number of fused-ring (bicyclic) bond motifs is 3. The Balaban J connectivity index is 0.000000410. The Bertz CT molecular complexity index is 520. The highest BCUT2D eigenvalue weighted by Crippen LogP contribution is 2.56. The van der Waals surface area contributed by atoms with Crippen molar-refractivity contribution in [2.24, 2.45) is 29.6 Å². The van der Waals surface area contributed by atoms with Crippen LogP contribution in [0.1, 0.15) is 52.9 Å². The van der Waals surface area contributed by atoms with Crippen LogP contribution in [-0.2, 0) is 19.1 Å². The molecule has 25 heavy (non-hydrogen) atoms. The van der Waals surface area contributed by atoms with Gasteiger partial charge in [0.2, 0.25) is 0 Å². The number of carbonyl (C=O) groups is 2. The highest BCUT2D eigenvalue weighted by molar-refractivity contribution is 6.14. The Morgan fingerprint density at radius 2 is 1.72 bits per heavy atom. The molecule has 1 spiro atoms. The second-order valence-electron chi connectivity index (χ2n) is 7.72. The molecule has 4 aliphatic rings. The summed E-state index contributed by atoms with van der Waals surface area (Å²) in [5.41, 5.74) is 0.152. The molecule has 3 saturated carbocycles. The summed E-state index contributed by atoms with van der Waals surface area (Å²) in [4.78, 5) is 25.4. The van der Waals surface area contributed by atoms with E-state index >= 15 is 0 Å². The maximum atomic E-state index is 12.7. The third kappa shape index (κ3) is 3.48. The minimum atomic E-state index is -0.579. The van der Waals surface area contributed by atoms with Crippen molar-refractivity contribution < 1.29 is 19.1 Å². The van der Waals surface area contributed by atoms with E-state index in [1.54, 1.807) is 14.2 Å². The fraction of sp³-hybridized carbons (Fsp3) is 0.810. The minimum absolute atomic E-state index is 0.0320. The summed E-state index contributed by atoms with van der Waals surface area (Å²) >= 11 is 0. The number of ketones is 2. The first kappa shape index (κ1) is 20.3. The van der Waals surface area contributed by atoms with E-state index in [-0.39, 0.29) is 17.5 Å². The average molecular weight is 350 g/mol. The topological polar surface area (TPSA) is 55.9 Å². The number of carbonyl (C=O) groups excluding carboxylic acids is 2. The molecule has 0 aromatic rings. The van der Waals surface area contributed by atoms with Crippen molar-refractivity contribution in [2.75, 3.05) is 20.8 Å². The van der Waals surface area contributed by atoms with Crippen LogP contribution in [0.4, 0.5) is 0 Å². The zero-order valence-corrected chi connectivity index (χ0v) is 16.5. The molecule has 1 aliphatic heterocycles. The second-order valence-corrected chi connectivity index (χ2v) is 7.72. The Hall–Kier alpha value is -1.00. The first-order valence-electron chi connectivity index (χ1n) is 9.78. The highest BCUT2D eigenvalue weighted by atomic mass is 16.6.